The molecule has 0 bridgehead atoms. The second kappa shape index (κ2) is 57.1. The van der Waals surface area contributed by atoms with E-state index in [2.05, 4.69) is 41.5 Å². The summed E-state index contributed by atoms with van der Waals surface area (Å²) >= 11 is 0. The molecule has 3 atom stereocenters. The maximum absolute atomic E-state index is 12.9. The number of unbranched alkanes of at least 4 members (excludes halogenated alkanes) is 40. The summed E-state index contributed by atoms with van der Waals surface area (Å²) in [5, 5.41) is 0. The summed E-state index contributed by atoms with van der Waals surface area (Å²) in [6.45, 7) is 13.8. The van der Waals surface area contributed by atoms with Gasteiger partial charge in [-0.3, -0.25) is 14.4 Å². The van der Waals surface area contributed by atoms with Crippen LogP contribution in [0.25, 0.3) is 0 Å². The summed E-state index contributed by atoms with van der Waals surface area (Å²) in [4.78, 5) is 38.2. The molecule has 0 saturated heterocycles. The Bertz CT molecular complexity index is 1120. The topological polar surface area (TPSA) is 78.9 Å². The van der Waals surface area contributed by atoms with Gasteiger partial charge in [0.05, 0.1) is 0 Å². The van der Waals surface area contributed by atoms with Crippen molar-refractivity contribution >= 4 is 17.9 Å². The molecule has 2 unspecified atom stereocenters. The first kappa shape index (κ1) is 70.4. The van der Waals surface area contributed by atoms with Gasteiger partial charge in [-0.15, -0.1) is 0 Å². The van der Waals surface area contributed by atoms with E-state index in [9.17, 15) is 14.4 Å². The molecule has 0 heterocycles. The highest BCUT2D eigenvalue weighted by atomic mass is 16.6. The van der Waals surface area contributed by atoms with E-state index < -0.39 is 6.10 Å². The standard InChI is InChI=1S/C66H128O6/c1-7-61(5)53-47-41-35-29-25-21-17-13-9-11-15-19-23-27-31-37-43-49-55-64(67)70-58-63(59-71-65(68)56-50-44-39-33-34-40-46-52-60(3)4)72-66(69)57-51-45-38-32-28-24-20-16-12-10-14-18-22-26-30-36-42-48-54-62(6)8-2/h60-63H,7-59H2,1-6H3/t61?,62?,63-/m0/s1. The maximum Gasteiger partial charge on any atom is 0.306 e. The summed E-state index contributed by atoms with van der Waals surface area (Å²) < 4.78 is 16.9. The minimum absolute atomic E-state index is 0.0633. The van der Waals surface area contributed by atoms with Crippen molar-refractivity contribution in [2.75, 3.05) is 13.2 Å². The zero-order valence-electron chi connectivity index (χ0n) is 49.7. The van der Waals surface area contributed by atoms with Crippen LogP contribution >= 0.6 is 0 Å². The van der Waals surface area contributed by atoms with Crippen LogP contribution < -0.4 is 0 Å². The van der Waals surface area contributed by atoms with Crippen LogP contribution in [0.1, 0.15) is 369 Å². The number of esters is 3. The van der Waals surface area contributed by atoms with Gasteiger partial charge in [0.2, 0.25) is 0 Å². The van der Waals surface area contributed by atoms with E-state index in [0.717, 1.165) is 75.5 Å². The molecule has 0 aliphatic rings. The smallest absolute Gasteiger partial charge is 0.306 e. The Morgan fingerprint density at radius 3 is 0.722 bits per heavy atom. The lowest BCUT2D eigenvalue weighted by Crippen LogP contribution is -2.30. The second-order valence-electron chi connectivity index (χ2n) is 23.7. The number of hydrogen-bond donors (Lipinski definition) is 0. The lowest BCUT2D eigenvalue weighted by atomic mass is 9.99. The highest BCUT2D eigenvalue weighted by molar-refractivity contribution is 5.71. The fourth-order valence-corrected chi connectivity index (χ4v) is 10.2. The van der Waals surface area contributed by atoms with E-state index >= 15 is 0 Å². The van der Waals surface area contributed by atoms with Crippen molar-refractivity contribution in [1.82, 2.24) is 0 Å². The Hall–Kier alpha value is -1.59. The zero-order valence-corrected chi connectivity index (χ0v) is 49.7. The van der Waals surface area contributed by atoms with Gasteiger partial charge in [-0.05, 0) is 37.0 Å². The van der Waals surface area contributed by atoms with Gasteiger partial charge in [-0.1, -0.05) is 330 Å². The molecule has 0 amide bonds. The molecule has 0 aromatic rings. The fourth-order valence-electron chi connectivity index (χ4n) is 10.2. The van der Waals surface area contributed by atoms with Gasteiger partial charge in [0, 0.05) is 19.3 Å². The van der Waals surface area contributed by atoms with Crippen LogP contribution in [0, 0.1) is 17.8 Å². The highest BCUT2D eigenvalue weighted by Gasteiger charge is 2.20. The molecule has 72 heavy (non-hydrogen) atoms. The quantitative estimate of drug-likeness (QED) is 0.0343. The van der Waals surface area contributed by atoms with Crippen molar-refractivity contribution < 1.29 is 28.6 Å². The zero-order chi connectivity index (χ0) is 52.6. The van der Waals surface area contributed by atoms with E-state index in [0.29, 0.717) is 19.3 Å². The Labute approximate surface area is 450 Å². The summed E-state index contributed by atoms with van der Waals surface area (Å²) in [6, 6.07) is 0. The Kier molecular flexibility index (Phi) is 55.9. The molecule has 6 nitrogen and oxygen atoms in total. The van der Waals surface area contributed by atoms with E-state index in [1.165, 1.54) is 250 Å². The molecular formula is C66H128O6. The molecule has 0 rings (SSSR count). The SMILES string of the molecule is CCC(C)CCCCCCCCCCCCCCCCCCCCC(=O)OC[C@@H](COC(=O)CCCCCCCCCC(C)C)OC(=O)CCCCCCCCCCCCCCCCCCCCC(C)CC. The van der Waals surface area contributed by atoms with E-state index in [-0.39, 0.29) is 31.1 Å². The molecule has 0 saturated carbocycles. The summed E-state index contributed by atoms with van der Waals surface area (Å²) in [6.07, 6.45) is 62.6. The fraction of sp³-hybridized carbons (Fsp3) is 0.955. The molecule has 0 aliphatic carbocycles. The van der Waals surface area contributed by atoms with Crippen LogP contribution in [-0.4, -0.2) is 37.2 Å². The van der Waals surface area contributed by atoms with Crippen molar-refractivity contribution in [3.63, 3.8) is 0 Å². The minimum Gasteiger partial charge on any atom is -0.462 e. The molecular weight excluding hydrogens is 889 g/mol. The maximum atomic E-state index is 12.9. The van der Waals surface area contributed by atoms with Crippen molar-refractivity contribution in [3.05, 3.63) is 0 Å². The third kappa shape index (κ3) is 56.1. The summed E-state index contributed by atoms with van der Waals surface area (Å²) in [5.74, 6) is 1.76. The lowest BCUT2D eigenvalue weighted by molar-refractivity contribution is -0.167. The molecule has 0 radical (unpaired) electrons. The average molecular weight is 1020 g/mol. The van der Waals surface area contributed by atoms with Gasteiger partial charge in [0.1, 0.15) is 13.2 Å². The molecule has 0 aromatic heterocycles. The van der Waals surface area contributed by atoms with Crippen molar-refractivity contribution in [3.8, 4) is 0 Å². The molecule has 0 fully saturated rings. The third-order valence-electron chi connectivity index (χ3n) is 15.9. The summed E-state index contributed by atoms with van der Waals surface area (Å²) in [5.41, 5.74) is 0. The Morgan fingerprint density at radius 1 is 0.278 bits per heavy atom. The van der Waals surface area contributed by atoms with Crippen molar-refractivity contribution in [1.29, 1.82) is 0 Å². The van der Waals surface area contributed by atoms with Crippen molar-refractivity contribution in [2.45, 2.75) is 375 Å². The lowest BCUT2D eigenvalue weighted by Gasteiger charge is -2.18. The monoisotopic (exact) mass is 1020 g/mol. The number of ether oxygens (including phenoxy) is 3. The van der Waals surface area contributed by atoms with Gasteiger partial charge in [-0.2, -0.15) is 0 Å². The molecule has 0 aliphatic heterocycles. The average Bonchev–Trinajstić information content (AvgIpc) is 3.37. The van der Waals surface area contributed by atoms with Gasteiger partial charge in [0.15, 0.2) is 6.10 Å². The van der Waals surface area contributed by atoms with Crippen LogP contribution in [0.2, 0.25) is 0 Å². The molecule has 6 heteroatoms. The Balaban J connectivity index is 4.18. The van der Waals surface area contributed by atoms with Crippen LogP contribution in [-0.2, 0) is 28.6 Å². The van der Waals surface area contributed by atoms with E-state index in [4.69, 9.17) is 14.2 Å². The molecule has 428 valence electrons. The first-order chi connectivity index (χ1) is 35.2. The second-order valence-corrected chi connectivity index (χ2v) is 23.7. The van der Waals surface area contributed by atoms with E-state index in [1.54, 1.807) is 0 Å². The normalized spacial score (nSPS) is 12.9. The van der Waals surface area contributed by atoms with Crippen LogP contribution in [0.3, 0.4) is 0 Å². The molecule has 0 aromatic carbocycles. The minimum atomic E-state index is -0.765. The van der Waals surface area contributed by atoms with Gasteiger partial charge >= 0.3 is 17.9 Å². The predicted octanol–water partition coefficient (Wildman–Crippen LogP) is 21.8. The first-order valence-corrected chi connectivity index (χ1v) is 32.7. The summed E-state index contributed by atoms with van der Waals surface area (Å²) in [7, 11) is 0. The van der Waals surface area contributed by atoms with Crippen LogP contribution in [0.5, 0.6) is 0 Å². The van der Waals surface area contributed by atoms with Crippen molar-refractivity contribution in [2.24, 2.45) is 17.8 Å². The third-order valence-corrected chi connectivity index (χ3v) is 15.9. The van der Waals surface area contributed by atoms with Gasteiger partial charge in [0.25, 0.3) is 0 Å². The Morgan fingerprint density at radius 2 is 0.486 bits per heavy atom. The number of rotatable bonds is 59. The van der Waals surface area contributed by atoms with E-state index in [1.807, 2.05) is 0 Å². The van der Waals surface area contributed by atoms with Crippen LogP contribution in [0.15, 0.2) is 0 Å². The van der Waals surface area contributed by atoms with Gasteiger partial charge < -0.3 is 14.2 Å². The highest BCUT2D eigenvalue weighted by Crippen LogP contribution is 2.20. The predicted molar refractivity (Wildman–Crippen MR) is 312 cm³/mol. The van der Waals surface area contributed by atoms with Gasteiger partial charge in [-0.25, -0.2) is 0 Å². The largest absolute Gasteiger partial charge is 0.462 e. The number of carbonyl (C=O) groups excluding carboxylic acids is 3. The van der Waals surface area contributed by atoms with Crippen LogP contribution in [0.4, 0.5) is 0 Å². The first-order valence-electron chi connectivity index (χ1n) is 32.7. The molecule has 0 N–H and O–H groups in total. The number of carbonyl (C=O) groups is 3. The number of hydrogen-bond acceptors (Lipinski definition) is 6. The molecule has 0 spiro atoms.